The van der Waals surface area contributed by atoms with Crippen molar-refractivity contribution in [3.8, 4) is 0 Å². The first-order valence-electron chi connectivity index (χ1n) is 4.87. The fourth-order valence-corrected chi connectivity index (χ4v) is 2.92. The van der Waals surface area contributed by atoms with Crippen LogP contribution in [-0.2, 0) is 0 Å². The summed E-state index contributed by atoms with van der Waals surface area (Å²) in [6, 6.07) is 0. The topological polar surface area (TPSA) is 20.2 Å². The Morgan fingerprint density at radius 1 is 1.58 bits per heavy atom. The summed E-state index contributed by atoms with van der Waals surface area (Å²) in [5, 5.41) is 10.2. The molecule has 0 aromatic heterocycles. The van der Waals surface area contributed by atoms with Gasteiger partial charge in [0.2, 0.25) is 0 Å². The van der Waals surface area contributed by atoms with Crippen LogP contribution in [0.5, 0.6) is 0 Å². The van der Waals surface area contributed by atoms with Crippen LogP contribution in [0.2, 0.25) is 0 Å². The number of hydrogen-bond acceptors (Lipinski definition) is 1. The minimum atomic E-state index is -0.499. The zero-order chi connectivity index (χ0) is 8.98. The second kappa shape index (κ2) is 2.14. The molecule has 2 unspecified atom stereocenters. The van der Waals surface area contributed by atoms with Gasteiger partial charge in [-0.05, 0) is 42.6 Å². The van der Waals surface area contributed by atoms with E-state index in [2.05, 4.69) is 20.4 Å². The third-order valence-electron chi connectivity index (χ3n) is 4.15. The van der Waals surface area contributed by atoms with Crippen molar-refractivity contribution in [2.24, 2.45) is 11.3 Å². The predicted molar refractivity (Wildman–Crippen MR) is 49.8 cm³/mol. The van der Waals surface area contributed by atoms with Gasteiger partial charge in [-0.3, -0.25) is 0 Å². The summed E-state index contributed by atoms with van der Waals surface area (Å²) >= 11 is 0. The summed E-state index contributed by atoms with van der Waals surface area (Å²) < 4.78 is 0. The Balaban J connectivity index is 2.34. The monoisotopic (exact) mass is 166 g/mol. The molecule has 2 aliphatic rings. The molecule has 2 bridgehead atoms. The summed E-state index contributed by atoms with van der Waals surface area (Å²) in [7, 11) is 0. The maximum Gasteiger partial charge on any atom is 0.0859 e. The Kier molecular flexibility index (Phi) is 1.48. The van der Waals surface area contributed by atoms with Crippen molar-refractivity contribution in [3.63, 3.8) is 0 Å². The molecule has 1 heteroatoms. The van der Waals surface area contributed by atoms with Gasteiger partial charge in [-0.1, -0.05) is 20.4 Å². The van der Waals surface area contributed by atoms with Gasteiger partial charge in [-0.25, -0.2) is 0 Å². The van der Waals surface area contributed by atoms with Crippen molar-refractivity contribution < 1.29 is 5.11 Å². The highest BCUT2D eigenvalue weighted by Crippen LogP contribution is 2.57. The Bertz CT molecular complexity index is 233. The molecule has 0 amide bonds. The van der Waals surface area contributed by atoms with Gasteiger partial charge in [0, 0.05) is 0 Å². The molecule has 2 aliphatic carbocycles. The highest BCUT2D eigenvalue weighted by molar-refractivity contribution is 5.25. The first-order chi connectivity index (χ1) is 5.46. The van der Waals surface area contributed by atoms with Crippen LogP contribution in [0, 0.1) is 11.3 Å². The van der Waals surface area contributed by atoms with E-state index in [-0.39, 0.29) is 0 Å². The molecular formula is C11H18O. The molecule has 0 aromatic rings. The second-order valence-corrected chi connectivity index (χ2v) is 5.08. The van der Waals surface area contributed by atoms with Crippen LogP contribution in [-0.4, -0.2) is 10.7 Å². The number of aliphatic hydroxyl groups is 1. The molecule has 1 N–H and O–H groups in total. The second-order valence-electron chi connectivity index (χ2n) is 5.08. The third-order valence-corrected chi connectivity index (χ3v) is 4.15. The Hall–Kier alpha value is -0.300. The molecule has 1 nitrogen and oxygen atoms in total. The molecular weight excluding hydrogens is 148 g/mol. The van der Waals surface area contributed by atoms with Gasteiger partial charge in [0.05, 0.1) is 5.60 Å². The first kappa shape index (κ1) is 8.31. The van der Waals surface area contributed by atoms with E-state index in [9.17, 15) is 5.11 Å². The normalized spacial score (nSPS) is 52.9. The van der Waals surface area contributed by atoms with E-state index in [1.165, 1.54) is 0 Å². The lowest BCUT2D eigenvalue weighted by atomic mass is 9.69. The molecule has 68 valence electrons. The van der Waals surface area contributed by atoms with E-state index in [0.29, 0.717) is 5.41 Å². The van der Waals surface area contributed by atoms with Crippen LogP contribution in [0.25, 0.3) is 0 Å². The van der Waals surface area contributed by atoms with Crippen molar-refractivity contribution in [1.29, 1.82) is 0 Å². The SMILES string of the molecule is C=C1CC2(C)CC1(O)CC[C@H]2C. The van der Waals surface area contributed by atoms with Crippen LogP contribution in [0.15, 0.2) is 12.2 Å². The smallest absolute Gasteiger partial charge is 0.0859 e. The Morgan fingerprint density at radius 3 is 2.83 bits per heavy atom. The molecule has 3 atom stereocenters. The van der Waals surface area contributed by atoms with Gasteiger partial charge in [0.1, 0.15) is 0 Å². The van der Waals surface area contributed by atoms with E-state index in [4.69, 9.17) is 0 Å². The van der Waals surface area contributed by atoms with Gasteiger partial charge >= 0.3 is 0 Å². The van der Waals surface area contributed by atoms with E-state index in [1.807, 2.05) is 0 Å². The molecule has 2 fully saturated rings. The molecule has 0 aromatic carbocycles. The molecule has 12 heavy (non-hydrogen) atoms. The summed E-state index contributed by atoms with van der Waals surface area (Å²) in [5.41, 5.74) is 0.917. The first-order valence-corrected chi connectivity index (χ1v) is 4.87. The van der Waals surface area contributed by atoms with Crippen LogP contribution in [0.3, 0.4) is 0 Å². The number of rotatable bonds is 0. The number of fused-ring (bicyclic) bond motifs is 2. The zero-order valence-electron chi connectivity index (χ0n) is 8.06. The van der Waals surface area contributed by atoms with Gasteiger partial charge < -0.3 is 5.11 Å². The minimum absolute atomic E-state index is 0.337. The standard InChI is InChI=1S/C11H18O/c1-8-4-5-11(12)7-10(8,3)6-9(11)2/h8,12H,2,4-7H2,1,3H3/t8-,10?,11?/m1/s1. The molecule has 0 saturated heterocycles. The lowest BCUT2D eigenvalue weighted by Crippen LogP contribution is -2.36. The van der Waals surface area contributed by atoms with Crippen LogP contribution < -0.4 is 0 Å². The van der Waals surface area contributed by atoms with Crippen molar-refractivity contribution in [3.05, 3.63) is 12.2 Å². The average Bonchev–Trinajstić information content (AvgIpc) is 2.15. The minimum Gasteiger partial charge on any atom is -0.386 e. The molecule has 0 aliphatic heterocycles. The quantitative estimate of drug-likeness (QED) is 0.548. The van der Waals surface area contributed by atoms with Crippen LogP contribution in [0.1, 0.15) is 39.5 Å². The van der Waals surface area contributed by atoms with E-state index in [1.54, 1.807) is 0 Å². The van der Waals surface area contributed by atoms with Crippen molar-refractivity contribution in [1.82, 2.24) is 0 Å². The maximum absolute atomic E-state index is 10.2. The fraction of sp³-hybridized carbons (Fsp3) is 0.818. The van der Waals surface area contributed by atoms with Gasteiger partial charge in [-0.2, -0.15) is 0 Å². The third kappa shape index (κ3) is 0.891. The predicted octanol–water partition coefficient (Wildman–Crippen LogP) is 2.50. The average molecular weight is 166 g/mol. The van der Waals surface area contributed by atoms with Gasteiger partial charge in [0.15, 0.2) is 0 Å². The maximum atomic E-state index is 10.2. The molecule has 2 rings (SSSR count). The summed E-state index contributed by atoms with van der Waals surface area (Å²) in [6.07, 6.45) is 4.07. The highest BCUT2D eigenvalue weighted by atomic mass is 16.3. The van der Waals surface area contributed by atoms with E-state index < -0.39 is 5.60 Å². The number of hydrogen-bond donors (Lipinski definition) is 1. The van der Waals surface area contributed by atoms with Crippen molar-refractivity contribution in [2.45, 2.75) is 45.1 Å². The van der Waals surface area contributed by atoms with Crippen molar-refractivity contribution in [2.75, 3.05) is 0 Å². The lowest BCUT2D eigenvalue weighted by Gasteiger charge is -2.38. The van der Waals surface area contributed by atoms with Gasteiger partial charge in [-0.15, -0.1) is 0 Å². The summed E-state index contributed by atoms with van der Waals surface area (Å²) in [5.74, 6) is 0.747. The van der Waals surface area contributed by atoms with Crippen LogP contribution in [0.4, 0.5) is 0 Å². The largest absolute Gasteiger partial charge is 0.386 e. The Labute approximate surface area is 74.5 Å². The highest BCUT2D eigenvalue weighted by Gasteiger charge is 2.52. The van der Waals surface area contributed by atoms with Crippen molar-refractivity contribution >= 4 is 0 Å². The Morgan fingerprint density at radius 2 is 2.25 bits per heavy atom. The lowest BCUT2D eigenvalue weighted by molar-refractivity contribution is 0.00240. The molecule has 0 heterocycles. The van der Waals surface area contributed by atoms with Gasteiger partial charge in [0.25, 0.3) is 0 Å². The zero-order valence-corrected chi connectivity index (χ0v) is 8.06. The van der Waals surface area contributed by atoms with Crippen LogP contribution >= 0.6 is 0 Å². The molecule has 0 spiro atoms. The van der Waals surface area contributed by atoms with E-state index in [0.717, 1.165) is 37.2 Å². The fourth-order valence-electron chi connectivity index (χ4n) is 2.92. The molecule has 0 radical (unpaired) electrons. The summed E-state index contributed by atoms with van der Waals surface area (Å²) in [4.78, 5) is 0. The van der Waals surface area contributed by atoms with E-state index >= 15 is 0 Å². The molecule has 2 saturated carbocycles. The summed E-state index contributed by atoms with van der Waals surface area (Å²) in [6.45, 7) is 8.59.